The van der Waals surface area contributed by atoms with E-state index in [0.29, 0.717) is 35.0 Å². The first-order valence-corrected chi connectivity index (χ1v) is 11.8. The van der Waals surface area contributed by atoms with Crippen LogP contribution in [0.25, 0.3) is 10.9 Å². The van der Waals surface area contributed by atoms with Crippen molar-refractivity contribution in [1.82, 2.24) is 9.88 Å². The van der Waals surface area contributed by atoms with Gasteiger partial charge in [0.2, 0.25) is 0 Å². The number of likely N-dealkylation sites (N-methyl/N-ethyl adjacent to an activating group) is 1. The zero-order valence-corrected chi connectivity index (χ0v) is 20.3. The van der Waals surface area contributed by atoms with Gasteiger partial charge < -0.3 is 14.8 Å². The highest BCUT2D eigenvalue weighted by Gasteiger charge is 2.29. The molecule has 0 saturated heterocycles. The fourth-order valence-electron chi connectivity index (χ4n) is 4.25. The highest BCUT2D eigenvalue weighted by Crippen LogP contribution is 2.30. The number of anilines is 1. The van der Waals surface area contributed by atoms with Crippen molar-refractivity contribution in [1.29, 1.82) is 0 Å². The molecule has 0 spiro atoms. The highest BCUT2D eigenvalue weighted by atomic mass is 35.5. The molecule has 0 fully saturated rings. The fraction of sp³-hybridized carbons (Fsp3) is 0.346. The summed E-state index contributed by atoms with van der Waals surface area (Å²) >= 11 is 6.08. The van der Waals surface area contributed by atoms with Crippen LogP contribution < -0.4 is 10.1 Å². The topological polar surface area (TPSA) is 80.8 Å². The van der Waals surface area contributed by atoms with Gasteiger partial charge in [-0.1, -0.05) is 43.6 Å². The van der Waals surface area contributed by atoms with Gasteiger partial charge in [0, 0.05) is 41.2 Å². The number of nitrogens with zero attached hydrogens (tertiary/aromatic N) is 2. The van der Waals surface area contributed by atoms with Crippen LogP contribution in [0.3, 0.4) is 0 Å². The number of esters is 1. The number of carbonyl (C=O) groups is 2. The molecule has 0 bridgehead atoms. The van der Waals surface area contributed by atoms with Crippen LogP contribution in [0.15, 0.2) is 42.5 Å². The maximum Gasteiger partial charge on any atom is 0.340 e. The van der Waals surface area contributed by atoms with Gasteiger partial charge in [-0.15, -0.1) is 0 Å². The molecule has 1 unspecified atom stereocenters. The van der Waals surface area contributed by atoms with E-state index in [-0.39, 0.29) is 0 Å². The van der Waals surface area contributed by atoms with Gasteiger partial charge in [0.05, 0.1) is 23.9 Å². The summed E-state index contributed by atoms with van der Waals surface area (Å²) in [5.41, 5.74) is 3.45. The van der Waals surface area contributed by atoms with Gasteiger partial charge in [-0.3, -0.25) is 14.7 Å². The van der Waals surface area contributed by atoms with Crippen molar-refractivity contribution in [2.45, 2.75) is 39.3 Å². The lowest BCUT2D eigenvalue weighted by atomic mass is 9.95. The van der Waals surface area contributed by atoms with Gasteiger partial charge in [-0.05, 0) is 37.2 Å². The number of halogens is 1. The monoisotopic (exact) mass is 481 g/mol. The molecule has 1 amide bonds. The third-order valence-electron chi connectivity index (χ3n) is 6.11. The van der Waals surface area contributed by atoms with Crippen molar-refractivity contribution < 1.29 is 19.1 Å². The minimum absolute atomic E-state index is 0.312. The zero-order valence-electron chi connectivity index (χ0n) is 19.6. The van der Waals surface area contributed by atoms with Gasteiger partial charge in [-0.2, -0.15) is 0 Å². The van der Waals surface area contributed by atoms with Crippen LogP contribution in [0.2, 0.25) is 5.02 Å². The molecule has 7 nitrogen and oxygen atoms in total. The standard InChI is InChI=1S/C26H28ClN3O4/c1-4-22(25(31)29-21-14-16(27)10-11-23(21)33-3)34-26(32)24-17-8-6-7-9-19(17)28-20-12-13-30(5-2)15-18(20)24/h6-11,14,22H,4-5,12-13,15H2,1-3H3,(H,29,31). The van der Waals surface area contributed by atoms with E-state index in [0.717, 1.165) is 41.7 Å². The van der Waals surface area contributed by atoms with E-state index in [9.17, 15) is 9.59 Å². The number of nitrogens with one attached hydrogen (secondary N) is 1. The molecule has 178 valence electrons. The molecule has 2 aromatic carbocycles. The number of carbonyl (C=O) groups excluding carboxylic acids is 2. The van der Waals surface area contributed by atoms with Gasteiger partial charge in [-0.25, -0.2) is 4.79 Å². The SMILES string of the molecule is CCC(OC(=O)c1c2c(nc3ccccc13)CCN(CC)C2)C(=O)Nc1cc(Cl)ccc1OC. The smallest absolute Gasteiger partial charge is 0.340 e. The average Bonchev–Trinajstić information content (AvgIpc) is 2.85. The quantitative estimate of drug-likeness (QED) is 0.486. The molecule has 0 saturated carbocycles. The Kier molecular flexibility index (Phi) is 7.34. The predicted molar refractivity (Wildman–Crippen MR) is 133 cm³/mol. The normalized spacial score (nSPS) is 14.4. The first-order valence-electron chi connectivity index (χ1n) is 11.4. The Morgan fingerprint density at radius 1 is 1.21 bits per heavy atom. The summed E-state index contributed by atoms with van der Waals surface area (Å²) in [7, 11) is 1.51. The molecule has 1 atom stereocenters. The Balaban J connectivity index is 1.64. The Bertz CT molecular complexity index is 1230. The van der Waals surface area contributed by atoms with Gasteiger partial charge in [0.25, 0.3) is 5.91 Å². The molecule has 1 aliphatic rings. The lowest BCUT2D eigenvalue weighted by molar-refractivity contribution is -0.124. The van der Waals surface area contributed by atoms with Crippen molar-refractivity contribution in [2.75, 3.05) is 25.5 Å². The number of hydrogen-bond acceptors (Lipinski definition) is 6. The van der Waals surface area contributed by atoms with Crippen molar-refractivity contribution >= 4 is 40.1 Å². The number of fused-ring (bicyclic) bond motifs is 2. The number of amides is 1. The van der Waals surface area contributed by atoms with Crippen LogP contribution in [0.1, 0.15) is 41.9 Å². The Morgan fingerprint density at radius 2 is 2.00 bits per heavy atom. The summed E-state index contributed by atoms with van der Waals surface area (Å²) in [5.74, 6) is -0.500. The molecule has 34 heavy (non-hydrogen) atoms. The van der Waals surface area contributed by atoms with Crippen LogP contribution >= 0.6 is 11.6 Å². The maximum absolute atomic E-state index is 13.5. The number of hydrogen-bond donors (Lipinski definition) is 1. The number of methoxy groups -OCH3 is 1. The Hall–Kier alpha value is -3.16. The Morgan fingerprint density at radius 3 is 2.74 bits per heavy atom. The fourth-order valence-corrected chi connectivity index (χ4v) is 4.42. The number of para-hydroxylation sites is 1. The third-order valence-corrected chi connectivity index (χ3v) is 6.34. The predicted octanol–water partition coefficient (Wildman–Crippen LogP) is 4.85. The second-order valence-corrected chi connectivity index (χ2v) is 8.62. The molecule has 1 N–H and O–H groups in total. The molecule has 0 aliphatic carbocycles. The summed E-state index contributed by atoms with van der Waals surface area (Å²) in [5, 5.41) is 3.97. The average molecular weight is 482 g/mol. The summed E-state index contributed by atoms with van der Waals surface area (Å²) in [6, 6.07) is 12.5. The highest BCUT2D eigenvalue weighted by molar-refractivity contribution is 6.31. The lowest BCUT2D eigenvalue weighted by Crippen LogP contribution is -2.35. The van der Waals surface area contributed by atoms with Crippen molar-refractivity contribution in [3.05, 3.63) is 64.3 Å². The van der Waals surface area contributed by atoms with E-state index in [1.165, 1.54) is 7.11 Å². The van der Waals surface area contributed by atoms with Crippen LogP contribution in [-0.2, 0) is 22.5 Å². The number of pyridine rings is 1. The number of aromatic nitrogens is 1. The second kappa shape index (κ2) is 10.4. The van der Waals surface area contributed by atoms with E-state index in [2.05, 4.69) is 17.1 Å². The summed E-state index contributed by atoms with van der Waals surface area (Å²) < 4.78 is 11.1. The van der Waals surface area contributed by atoms with Crippen molar-refractivity contribution in [3.8, 4) is 5.75 Å². The summed E-state index contributed by atoms with van der Waals surface area (Å²) in [6.07, 6.45) is 0.0949. The van der Waals surface area contributed by atoms with Gasteiger partial charge in [0.1, 0.15) is 5.75 Å². The minimum atomic E-state index is -0.982. The third kappa shape index (κ3) is 4.86. The maximum atomic E-state index is 13.5. The Labute approximate surface area is 204 Å². The molecule has 1 aliphatic heterocycles. The van der Waals surface area contributed by atoms with E-state index in [1.54, 1.807) is 25.1 Å². The molecule has 2 heterocycles. The van der Waals surface area contributed by atoms with Crippen LogP contribution in [0.5, 0.6) is 5.75 Å². The molecule has 4 rings (SSSR count). The van der Waals surface area contributed by atoms with Crippen LogP contribution in [0.4, 0.5) is 5.69 Å². The van der Waals surface area contributed by atoms with Crippen molar-refractivity contribution in [3.63, 3.8) is 0 Å². The molecule has 0 radical (unpaired) electrons. The first-order chi connectivity index (χ1) is 16.4. The molecule has 1 aromatic heterocycles. The van der Waals surface area contributed by atoms with Crippen LogP contribution in [-0.4, -0.2) is 48.1 Å². The summed E-state index contributed by atoms with van der Waals surface area (Å²) in [4.78, 5) is 33.6. The van der Waals surface area contributed by atoms with Gasteiger partial charge in [0.15, 0.2) is 6.10 Å². The molecular weight excluding hydrogens is 454 g/mol. The van der Waals surface area contributed by atoms with E-state index < -0.39 is 18.0 Å². The molecular formula is C26H28ClN3O4. The largest absolute Gasteiger partial charge is 0.495 e. The second-order valence-electron chi connectivity index (χ2n) is 8.18. The van der Waals surface area contributed by atoms with Gasteiger partial charge >= 0.3 is 5.97 Å². The first kappa shape index (κ1) is 24.0. The minimum Gasteiger partial charge on any atom is -0.495 e. The van der Waals surface area contributed by atoms with Crippen molar-refractivity contribution in [2.24, 2.45) is 0 Å². The van der Waals surface area contributed by atoms with E-state index >= 15 is 0 Å². The van der Waals surface area contributed by atoms with E-state index in [1.807, 2.05) is 24.3 Å². The molecule has 3 aromatic rings. The van der Waals surface area contributed by atoms with Crippen LogP contribution in [0, 0.1) is 0 Å². The lowest BCUT2D eigenvalue weighted by Gasteiger charge is -2.29. The van der Waals surface area contributed by atoms with E-state index in [4.69, 9.17) is 26.1 Å². The molecule has 8 heteroatoms. The number of benzene rings is 2. The summed E-state index contributed by atoms with van der Waals surface area (Å²) in [6.45, 7) is 6.29. The number of ether oxygens (including phenoxy) is 2. The number of rotatable bonds is 7. The zero-order chi connectivity index (χ0) is 24.2.